The molecule has 126 valence electrons. The van der Waals surface area contributed by atoms with E-state index in [1.165, 1.54) is 0 Å². The van der Waals surface area contributed by atoms with Crippen molar-refractivity contribution in [1.29, 1.82) is 0 Å². The second-order valence-corrected chi connectivity index (χ2v) is 6.24. The summed E-state index contributed by atoms with van der Waals surface area (Å²) in [5.41, 5.74) is 1.96. The number of hydrogen-bond donors (Lipinski definition) is 1. The van der Waals surface area contributed by atoms with Crippen LogP contribution in [0.4, 0.5) is 17.3 Å². The molecule has 0 spiro atoms. The van der Waals surface area contributed by atoms with Crippen LogP contribution in [0.5, 0.6) is 0 Å². The zero-order valence-electron chi connectivity index (χ0n) is 14.1. The zero-order chi connectivity index (χ0) is 16.9. The fourth-order valence-electron chi connectivity index (χ4n) is 2.88. The molecule has 0 bridgehead atoms. The molecule has 1 aromatic heterocycles. The molecule has 1 aliphatic heterocycles. The monoisotopic (exact) mass is 325 g/mol. The summed E-state index contributed by atoms with van der Waals surface area (Å²) in [6.45, 7) is 1.61. The van der Waals surface area contributed by atoms with Crippen LogP contribution in [0.3, 0.4) is 0 Å². The van der Waals surface area contributed by atoms with Gasteiger partial charge in [-0.05, 0) is 43.2 Å². The summed E-state index contributed by atoms with van der Waals surface area (Å²) in [6.07, 6.45) is 5.14. The lowest BCUT2D eigenvalue weighted by molar-refractivity contribution is -0.120. The summed E-state index contributed by atoms with van der Waals surface area (Å²) >= 11 is 0. The first kappa shape index (κ1) is 16.2. The van der Waals surface area contributed by atoms with Crippen LogP contribution in [-0.2, 0) is 4.79 Å². The Labute approximate surface area is 142 Å². The number of benzene rings is 1. The highest BCUT2D eigenvalue weighted by molar-refractivity contribution is 5.92. The van der Waals surface area contributed by atoms with E-state index in [1.807, 2.05) is 49.3 Å². The van der Waals surface area contributed by atoms with Crippen LogP contribution in [0.25, 0.3) is 0 Å². The molecular formula is C18H23N5O. The molecule has 1 N–H and O–H groups in total. The molecule has 1 aliphatic rings. The highest BCUT2D eigenvalue weighted by Crippen LogP contribution is 2.22. The summed E-state index contributed by atoms with van der Waals surface area (Å²) < 4.78 is 0. The molecule has 0 atom stereocenters. The van der Waals surface area contributed by atoms with Gasteiger partial charge in [0.25, 0.3) is 0 Å². The number of nitrogens with zero attached hydrogens (tertiary/aromatic N) is 4. The van der Waals surface area contributed by atoms with Crippen LogP contribution in [0, 0.1) is 5.92 Å². The Morgan fingerprint density at radius 1 is 1.12 bits per heavy atom. The minimum atomic E-state index is 0.0403. The molecule has 6 nitrogen and oxygen atoms in total. The summed E-state index contributed by atoms with van der Waals surface area (Å²) in [6, 6.07) is 9.71. The number of rotatable bonds is 4. The van der Waals surface area contributed by atoms with Crippen LogP contribution in [0.1, 0.15) is 12.8 Å². The number of aromatic nitrogens is 2. The van der Waals surface area contributed by atoms with Crippen molar-refractivity contribution in [3.8, 4) is 0 Å². The molecule has 0 unspecified atom stereocenters. The number of piperidine rings is 1. The highest BCUT2D eigenvalue weighted by Gasteiger charge is 2.26. The lowest BCUT2D eigenvalue weighted by atomic mass is 9.96. The van der Waals surface area contributed by atoms with E-state index in [1.54, 1.807) is 12.4 Å². The number of carbonyl (C=O) groups excluding carboxylic acids is 1. The molecule has 24 heavy (non-hydrogen) atoms. The molecule has 6 heteroatoms. The van der Waals surface area contributed by atoms with E-state index in [2.05, 4.69) is 20.2 Å². The van der Waals surface area contributed by atoms with Crippen molar-refractivity contribution >= 4 is 23.2 Å². The molecule has 0 saturated carbocycles. The first-order chi connectivity index (χ1) is 11.6. The van der Waals surface area contributed by atoms with Gasteiger partial charge in [-0.1, -0.05) is 0 Å². The molecule has 2 aromatic rings. The standard InChI is InChI=1S/C18H23N5O/c1-22(2)16-6-4-15(5-7-16)21-17(24)14-8-12-23(13-9-14)18-19-10-3-11-20-18/h3-7,10-11,14H,8-9,12-13H2,1-2H3,(H,21,24). The minimum absolute atomic E-state index is 0.0403. The van der Waals surface area contributed by atoms with Crippen LogP contribution in [-0.4, -0.2) is 43.1 Å². The van der Waals surface area contributed by atoms with Crippen molar-refractivity contribution in [3.05, 3.63) is 42.7 Å². The van der Waals surface area contributed by atoms with Crippen molar-refractivity contribution in [2.75, 3.05) is 42.3 Å². The second kappa shape index (κ2) is 7.29. The Morgan fingerprint density at radius 3 is 2.33 bits per heavy atom. The van der Waals surface area contributed by atoms with Gasteiger partial charge in [0.15, 0.2) is 0 Å². The number of nitrogens with one attached hydrogen (secondary N) is 1. The Hall–Kier alpha value is -2.63. The smallest absolute Gasteiger partial charge is 0.227 e. The van der Waals surface area contributed by atoms with E-state index in [9.17, 15) is 4.79 Å². The fraction of sp³-hybridized carbons (Fsp3) is 0.389. The quantitative estimate of drug-likeness (QED) is 0.935. The molecule has 1 fully saturated rings. The first-order valence-electron chi connectivity index (χ1n) is 8.24. The summed E-state index contributed by atoms with van der Waals surface area (Å²) in [5.74, 6) is 0.885. The van der Waals surface area contributed by atoms with Gasteiger partial charge in [-0.2, -0.15) is 0 Å². The predicted molar refractivity (Wildman–Crippen MR) is 96.4 cm³/mol. The first-order valence-corrected chi connectivity index (χ1v) is 8.24. The Morgan fingerprint density at radius 2 is 1.75 bits per heavy atom. The van der Waals surface area contributed by atoms with Gasteiger partial charge in [0.1, 0.15) is 0 Å². The van der Waals surface area contributed by atoms with E-state index in [4.69, 9.17) is 0 Å². The number of carbonyl (C=O) groups is 1. The summed E-state index contributed by atoms with van der Waals surface area (Å²) in [7, 11) is 4.00. The summed E-state index contributed by atoms with van der Waals surface area (Å²) in [4.78, 5) is 25.2. The van der Waals surface area contributed by atoms with Crippen molar-refractivity contribution in [3.63, 3.8) is 0 Å². The van der Waals surface area contributed by atoms with Gasteiger partial charge in [0, 0.05) is 56.9 Å². The van der Waals surface area contributed by atoms with E-state index >= 15 is 0 Å². The number of anilines is 3. The Balaban J connectivity index is 1.53. The third-order valence-corrected chi connectivity index (χ3v) is 4.35. The van der Waals surface area contributed by atoms with Crippen molar-refractivity contribution in [1.82, 2.24) is 9.97 Å². The third-order valence-electron chi connectivity index (χ3n) is 4.35. The van der Waals surface area contributed by atoms with E-state index < -0.39 is 0 Å². The normalized spacial score (nSPS) is 15.2. The van der Waals surface area contributed by atoms with Gasteiger partial charge in [-0.3, -0.25) is 4.79 Å². The fourth-order valence-corrected chi connectivity index (χ4v) is 2.88. The maximum atomic E-state index is 12.5. The minimum Gasteiger partial charge on any atom is -0.378 e. The van der Waals surface area contributed by atoms with Gasteiger partial charge in [0.05, 0.1) is 0 Å². The third kappa shape index (κ3) is 3.82. The van der Waals surface area contributed by atoms with E-state index in [0.29, 0.717) is 0 Å². The van der Waals surface area contributed by atoms with Crippen molar-refractivity contribution < 1.29 is 4.79 Å². The molecule has 2 heterocycles. The lowest BCUT2D eigenvalue weighted by Crippen LogP contribution is -2.39. The largest absolute Gasteiger partial charge is 0.378 e. The van der Waals surface area contributed by atoms with Gasteiger partial charge < -0.3 is 15.1 Å². The highest BCUT2D eigenvalue weighted by atomic mass is 16.1. The van der Waals surface area contributed by atoms with Gasteiger partial charge in [-0.15, -0.1) is 0 Å². The SMILES string of the molecule is CN(C)c1ccc(NC(=O)C2CCN(c3ncccn3)CC2)cc1. The maximum absolute atomic E-state index is 12.5. The van der Waals surface area contributed by atoms with E-state index in [-0.39, 0.29) is 11.8 Å². The molecule has 1 aromatic carbocycles. The molecular weight excluding hydrogens is 302 g/mol. The average molecular weight is 325 g/mol. The van der Waals surface area contributed by atoms with Crippen LogP contribution in [0.15, 0.2) is 42.7 Å². The number of amides is 1. The molecule has 0 aliphatic carbocycles. The molecule has 0 radical (unpaired) electrons. The van der Waals surface area contributed by atoms with Crippen LogP contribution >= 0.6 is 0 Å². The van der Waals surface area contributed by atoms with Crippen molar-refractivity contribution in [2.24, 2.45) is 5.92 Å². The maximum Gasteiger partial charge on any atom is 0.227 e. The van der Waals surface area contributed by atoms with Crippen LogP contribution in [0.2, 0.25) is 0 Å². The van der Waals surface area contributed by atoms with Crippen molar-refractivity contribution in [2.45, 2.75) is 12.8 Å². The molecule has 1 saturated heterocycles. The topological polar surface area (TPSA) is 61.4 Å². The molecule has 1 amide bonds. The lowest BCUT2D eigenvalue weighted by Gasteiger charge is -2.31. The van der Waals surface area contributed by atoms with Crippen LogP contribution < -0.4 is 15.1 Å². The average Bonchev–Trinajstić information content (AvgIpc) is 2.63. The predicted octanol–water partition coefficient (Wildman–Crippen LogP) is 2.40. The van der Waals surface area contributed by atoms with E-state index in [0.717, 1.165) is 43.3 Å². The molecule has 3 rings (SSSR count). The number of hydrogen-bond acceptors (Lipinski definition) is 5. The van der Waals surface area contributed by atoms with Gasteiger partial charge in [-0.25, -0.2) is 9.97 Å². The Bertz CT molecular complexity index is 664. The van der Waals surface area contributed by atoms with Gasteiger partial charge >= 0.3 is 0 Å². The summed E-state index contributed by atoms with van der Waals surface area (Å²) in [5, 5.41) is 3.03. The zero-order valence-corrected chi connectivity index (χ0v) is 14.1. The second-order valence-electron chi connectivity index (χ2n) is 6.24. The Kier molecular flexibility index (Phi) is 4.93. The van der Waals surface area contributed by atoms with Gasteiger partial charge in [0.2, 0.25) is 11.9 Å².